The molecule has 0 aliphatic carbocycles. The second-order valence-electron chi connectivity index (χ2n) is 5.32. The third-order valence-corrected chi connectivity index (χ3v) is 2.29. The number of phenols is 1. The summed E-state index contributed by atoms with van der Waals surface area (Å²) >= 11 is 0. The Bertz CT molecular complexity index is 320. The molecule has 0 amide bonds. The van der Waals surface area contributed by atoms with Crippen LogP contribution in [0.4, 0.5) is 0 Å². The summed E-state index contributed by atoms with van der Waals surface area (Å²) in [6.45, 7) is 4.45. The lowest BCUT2D eigenvalue weighted by molar-refractivity contribution is 0.484. The molecular weight excluding hydrogens is 167 g/mol. The van der Waals surface area contributed by atoms with E-state index >= 15 is 0 Å². The van der Waals surface area contributed by atoms with E-state index < -0.39 is 0 Å². The molecule has 0 aliphatic rings. The van der Waals surface area contributed by atoms with Gasteiger partial charge < -0.3 is 5.11 Å². The first kappa shape index (κ1) is 11.4. The van der Waals surface area contributed by atoms with Crippen LogP contribution in [0.3, 0.4) is 0 Å². The molecule has 0 unspecified atom stereocenters. The molecule has 0 radical (unpaired) electrons. The van der Waals surface area contributed by atoms with E-state index in [-0.39, 0.29) is 0 Å². The number of phenolic OH excluding ortho intramolecular Hbond substituents is 1. The van der Waals surface area contributed by atoms with E-state index in [1.54, 1.807) is 0 Å². The maximum atomic E-state index is 9.63. The molecule has 0 aliphatic heterocycles. The molecular formula is C9H16B4O. The first-order valence-electron chi connectivity index (χ1n) is 5.09. The minimum absolute atomic E-state index is 0.301. The summed E-state index contributed by atoms with van der Waals surface area (Å²) in [5.74, 6) is 0.433. The number of aromatic hydroxyl groups is 1. The first-order chi connectivity index (χ1) is 6.29. The van der Waals surface area contributed by atoms with Crippen molar-refractivity contribution in [3.63, 3.8) is 0 Å². The van der Waals surface area contributed by atoms with Gasteiger partial charge in [-0.2, -0.15) is 0 Å². The van der Waals surface area contributed by atoms with Crippen LogP contribution in [0.25, 0.3) is 0 Å². The third-order valence-electron chi connectivity index (χ3n) is 2.29. The summed E-state index contributed by atoms with van der Waals surface area (Å²) in [5.41, 5.74) is 3.26. The molecule has 0 saturated carbocycles. The molecule has 1 aromatic carbocycles. The topological polar surface area (TPSA) is 20.2 Å². The number of hydrogen-bond acceptors (Lipinski definition) is 1. The van der Waals surface area contributed by atoms with Crippen molar-refractivity contribution in [3.05, 3.63) is 12.1 Å². The van der Waals surface area contributed by atoms with Gasteiger partial charge in [0.2, 0.25) is 0 Å². The predicted molar refractivity (Wildman–Crippen MR) is 73.8 cm³/mol. The molecule has 0 atom stereocenters. The van der Waals surface area contributed by atoms with Crippen LogP contribution in [0, 0.1) is 0 Å². The zero-order chi connectivity index (χ0) is 10.9. The highest BCUT2D eigenvalue weighted by molar-refractivity contribution is 6.66. The van der Waals surface area contributed by atoms with Gasteiger partial charge in [-0.15, -0.1) is 0 Å². The number of benzene rings is 1. The van der Waals surface area contributed by atoms with Crippen molar-refractivity contribution < 1.29 is 5.11 Å². The molecule has 0 aromatic heterocycles. The Morgan fingerprint density at radius 3 is 2.00 bits per heavy atom. The van der Waals surface area contributed by atoms with Crippen LogP contribution in [-0.4, -0.2) is 35.9 Å². The van der Waals surface area contributed by atoms with Crippen LogP contribution in [0.15, 0.2) is 12.1 Å². The SMILES string of the molecule is Bc1cc(BC(B)(C)C)cc(B)c1O. The molecule has 1 N–H and O–H groups in total. The van der Waals surface area contributed by atoms with Crippen molar-refractivity contribution in [2.75, 3.05) is 0 Å². The average Bonchev–Trinajstić information content (AvgIpc) is 1.96. The molecule has 70 valence electrons. The van der Waals surface area contributed by atoms with E-state index in [1.165, 1.54) is 5.46 Å². The molecule has 1 aromatic rings. The predicted octanol–water partition coefficient (Wildman–Crippen LogP) is -3.24. The highest BCUT2D eigenvalue weighted by Crippen LogP contribution is 2.14. The van der Waals surface area contributed by atoms with Crippen LogP contribution in [0.1, 0.15) is 13.8 Å². The van der Waals surface area contributed by atoms with E-state index in [2.05, 4.69) is 33.8 Å². The van der Waals surface area contributed by atoms with Crippen LogP contribution in [0.2, 0.25) is 5.21 Å². The van der Waals surface area contributed by atoms with Crippen molar-refractivity contribution >= 4 is 47.2 Å². The minimum Gasteiger partial charge on any atom is -0.509 e. The highest BCUT2D eigenvalue weighted by atomic mass is 16.3. The third kappa shape index (κ3) is 2.90. The van der Waals surface area contributed by atoms with Gasteiger partial charge in [-0.25, -0.2) is 0 Å². The van der Waals surface area contributed by atoms with Gasteiger partial charge in [0.05, 0.1) is 7.85 Å². The quantitative estimate of drug-likeness (QED) is 0.478. The monoisotopic (exact) mass is 184 g/mol. The summed E-state index contributed by atoms with van der Waals surface area (Å²) in [4.78, 5) is 0. The lowest BCUT2D eigenvalue weighted by atomic mass is 9.41. The maximum absolute atomic E-state index is 9.63. The normalized spacial score (nSPS) is 11.3. The summed E-state index contributed by atoms with van der Waals surface area (Å²) in [6, 6.07) is 4.15. The maximum Gasteiger partial charge on any atom is 0.155 e. The van der Waals surface area contributed by atoms with E-state index in [0.29, 0.717) is 11.0 Å². The molecule has 0 spiro atoms. The molecule has 0 fully saturated rings. The minimum atomic E-state index is 0.301. The standard InChI is InChI=1S/C9H16B4O/c1-9(2,12)13-5-3-6(10)8(14)7(11)4-5/h3-4,13-14H,10-12H2,1-2H3. The lowest BCUT2D eigenvalue weighted by Gasteiger charge is -2.17. The Labute approximate surface area is 89.8 Å². The van der Waals surface area contributed by atoms with Crippen molar-refractivity contribution in [2.45, 2.75) is 19.1 Å². The Balaban J connectivity index is 3.02. The van der Waals surface area contributed by atoms with Gasteiger partial charge in [-0.3, -0.25) is 0 Å². The molecule has 1 rings (SSSR count). The Morgan fingerprint density at radius 2 is 1.64 bits per heavy atom. The highest BCUT2D eigenvalue weighted by Gasteiger charge is 2.14. The largest absolute Gasteiger partial charge is 0.509 e. The summed E-state index contributed by atoms with van der Waals surface area (Å²) in [5, 5.41) is 9.93. The second kappa shape index (κ2) is 3.80. The Morgan fingerprint density at radius 1 is 1.21 bits per heavy atom. The summed E-state index contributed by atoms with van der Waals surface area (Å²) in [7, 11) is 7.18. The molecule has 14 heavy (non-hydrogen) atoms. The van der Waals surface area contributed by atoms with E-state index in [1.807, 2.05) is 15.7 Å². The van der Waals surface area contributed by atoms with Crippen molar-refractivity contribution in [1.82, 2.24) is 0 Å². The summed E-state index contributed by atoms with van der Waals surface area (Å²) < 4.78 is 0. The molecule has 0 heterocycles. The summed E-state index contributed by atoms with van der Waals surface area (Å²) in [6.07, 6.45) is 0. The van der Waals surface area contributed by atoms with E-state index in [9.17, 15) is 5.11 Å². The fourth-order valence-corrected chi connectivity index (χ4v) is 1.76. The van der Waals surface area contributed by atoms with Crippen LogP contribution >= 0.6 is 0 Å². The molecule has 5 heteroatoms. The van der Waals surface area contributed by atoms with Crippen LogP contribution in [-0.2, 0) is 0 Å². The van der Waals surface area contributed by atoms with Crippen LogP contribution in [0.5, 0.6) is 5.75 Å². The molecule has 1 nitrogen and oxygen atoms in total. The van der Waals surface area contributed by atoms with Gasteiger partial charge in [0.15, 0.2) is 7.28 Å². The number of rotatable bonds is 2. The fourth-order valence-electron chi connectivity index (χ4n) is 1.76. The number of hydrogen-bond donors (Lipinski definition) is 1. The fraction of sp³-hybridized carbons (Fsp3) is 0.333. The van der Waals surface area contributed by atoms with Crippen LogP contribution < -0.4 is 16.4 Å². The zero-order valence-electron chi connectivity index (χ0n) is 9.81. The first-order valence-corrected chi connectivity index (χ1v) is 5.09. The van der Waals surface area contributed by atoms with Gasteiger partial charge in [0.1, 0.15) is 21.4 Å². The van der Waals surface area contributed by atoms with Gasteiger partial charge in [-0.1, -0.05) is 36.7 Å². The lowest BCUT2D eigenvalue weighted by Crippen LogP contribution is -2.32. The Kier molecular flexibility index (Phi) is 3.08. The smallest absolute Gasteiger partial charge is 0.155 e. The average molecular weight is 183 g/mol. The zero-order valence-corrected chi connectivity index (χ0v) is 9.81. The van der Waals surface area contributed by atoms with Gasteiger partial charge >= 0.3 is 0 Å². The van der Waals surface area contributed by atoms with Crippen molar-refractivity contribution in [2.24, 2.45) is 0 Å². The van der Waals surface area contributed by atoms with Gasteiger partial charge in [0.25, 0.3) is 0 Å². The van der Waals surface area contributed by atoms with E-state index in [0.717, 1.165) is 18.2 Å². The van der Waals surface area contributed by atoms with Gasteiger partial charge in [-0.05, 0) is 10.9 Å². The second-order valence-corrected chi connectivity index (χ2v) is 5.32. The molecule has 0 bridgehead atoms. The van der Waals surface area contributed by atoms with E-state index in [4.69, 9.17) is 0 Å². The van der Waals surface area contributed by atoms with Crippen molar-refractivity contribution in [3.8, 4) is 5.75 Å². The Hall–Kier alpha value is -0.720. The molecule has 0 saturated heterocycles. The van der Waals surface area contributed by atoms with Crippen molar-refractivity contribution in [1.29, 1.82) is 0 Å². The van der Waals surface area contributed by atoms with Gasteiger partial charge in [0, 0.05) is 0 Å².